The monoisotopic (exact) mass is 275 g/mol. The third-order valence-corrected chi connectivity index (χ3v) is 2.72. The first kappa shape index (κ1) is 13.6. The molecular weight excluding hydrogens is 262 g/mol. The number of nitrogens with zero attached hydrogens (tertiary/aromatic N) is 1. The standard InChI is InChI=1S/C13H13N3O4/c1-7-5-8(3-4-9(7)20-2)16-12(17)10-11(13(18)19)15-6-14-10/h3-6H,1-2H3,(H,14,15)(H,16,17)(H,18,19). The van der Waals surface area contributed by atoms with Crippen LogP contribution in [0.4, 0.5) is 5.69 Å². The molecule has 1 amide bonds. The highest BCUT2D eigenvalue weighted by atomic mass is 16.5. The maximum atomic E-state index is 12.0. The van der Waals surface area contributed by atoms with Crippen molar-refractivity contribution in [3.8, 4) is 5.75 Å². The van der Waals surface area contributed by atoms with Gasteiger partial charge in [0.15, 0.2) is 11.4 Å². The zero-order valence-electron chi connectivity index (χ0n) is 10.9. The van der Waals surface area contributed by atoms with E-state index in [2.05, 4.69) is 15.3 Å². The van der Waals surface area contributed by atoms with Gasteiger partial charge in [-0.2, -0.15) is 0 Å². The van der Waals surface area contributed by atoms with E-state index in [0.717, 1.165) is 11.9 Å². The second-order valence-corrected chi connectivity index (χ2v) is 4.07. The molecular formula is C13H13N3O4. The number of carbonyl (C=O) groups excluding carboxylic acids is 1. The summed E-state index contributed by atoms with van der Waals surface area (Å²) in [5, 5.41) is 11.5. The number of H-pyrrole nitrogens is 1. The Hall–Kier alpha value is -2.83. The van der Waals surface area contributed by atoms with Crippen LogP contribution in [0.3, 0.4) is 0 Å². The quantitative estimate of drug-likeness (QED) is 0.787. The van der Waals surface area contributed by atoms with E-state index >= 15 is 0 Å². The van der Waals surface area contributed by atoms with Crippen molar-refractivity contribution in [3.63, 3.8) is 0 Å². The molecule has 20 heavy (non-hydrogen) atoms. The molecule has 0 fully saturated rings. The van der Waals surface area contributed by atoms with Crippen molar-refractivity contribution in [1.29, 1.82) is 0 Å². The summed E-state index contributed by atoms with van der Waals surface area (Å²) >= 11 is 0. The van der Waals surface area contributed by atoms with E-state index < -0.39 is 11.9 Å². The molecule has 0 aliphatic rings. The van der Waals surface area contributed by atoms with Crippen LogP contribution >= 0.6 is 0 Å². The number of aromatic amines is 1. The number of ether oxygens (including phenoxy) is 1. The molecule has 7 heteroatoms. The molecule has 3 N–H and O–H groups in total. The van der Waals surface area contributed by atoms with E-state index in [0.29, 0.717) is 11.4 Å². The molecule has 0 unspecified atom stereocenters. The van der Waals surface area contributed by atoms with E-state index in [9.17, 15) is 9.59 Å². The van der Waals surface area contributed by atoms with Crippen LogP contribution in [-0.4, -0.2) is 34.1 Å². The summed E-state index contributed by atoms with van der Waals surface area (Å²) in [4.78, 5) is 29.0. The van der Waals surface area contributed by atoms with Crippen molar-refractivity contribution < 1.29 is 19.4 Å². The second kappa shape index (κ2) is 5.43. The molecule has 104 valence electrons. The molecule has 0 aliphatic carbocycles. The number of carbonyl (C=O) groups is 2. The topological polar surface area (TPSA) is 104 Å². The number of methoxy groups -OCH3 is 1. The van der Waals surface area contributed by atoms with Crippen molar-refractivity contribution in [3.05, 3.63) is 41.5 Å². The number of aromatic nitrogens is 2. The van der Waals surface area contributed by atoms with Crippen LogP contribution in [0.2, 0.25) is 0 Å². The van der Waals surface area contributed by atoms with Crippen molar-refractivity contribution in [2.75, 3.05) is 12.4 Å². The van der Waals surface area contributed by atoms with E-state index in [1.54, 1.807) is 25.3 Å². The Kier molecular flexibility index (Phi) is 3.69. The van der Waals surface area contributed by atoms with Gasteiger partial charge in [0.05, 0.1) is 13.4 Å². The average Bonchev–Trinajstić information content (AvgIpc) is 2.88. The molecule has 1 heterocycles. The van der Waals surface area contributed by atoms with Gasteiger partial charge in [0, 0.05) is 5.69 Å². The fourth-order valence-electron chi connectivity index (χ4n) is 1.78. The molecule has 7 nitrogen and oxygen atoms in total. The lowest BCUT2D eigenvalue weighted by molar-refractivity contribution is 0.0686. The van der Waals surface area contributed by atoms with E-state index in [-0.39, 0.29) is 11.4 Å². The molecule has 2 aromatic rings. The number of imidazole rings is 1. The summed E-state index contributed by atoms with van der Waals surface area (Å²) in [6.45, 7) is 1.84. The molecule has 0 atom stereocenters. The fraction of sp³-hybridized carbons (Fsp3) is 0.154. The first-order valence-electron chi connectivity index (χ1n) is 5.75. The van der Waals surface area contributed by atoms with Gasteiger partial charge < -0.3 is 20.1 Å². The van der Waals surface area contributed by atoms with Gasteiger partial charge in [-0.3, -0.25) is 4.79 Å². The van der Waals surface area contributed by atoms with E-state index in [1.165, 1.54) is 0 Å². The Labute approximate surface area is 114 Å². The first-order chi connectivity index (χ1) is 9.52. The maximum Gasteiger partial charge on any atom is 0.354 e. The summed E-state index contributed by atoms with van der Waals surface area (Å²) in [5.41, 5.74) is 0.983. The highest BCUT2D eigenvalue weighted by Gasteiger charge is 2.19. The number of hydrogen-bond donors (Lipinski definition) is 3. The van der Waals surface area contributed by atoms with Gasteiger partial charge in [-0.1, -0.05) is 0 Å². The highest BCUT2D eigenvalue weighted by Crippen LogP contribution is 2.21. The number of nitrogens with one attached hydrogen (secondary N) is 2. The van der Waals surface area contributed by atoms with Crippen LogP contribution in [0, 0.1) is 6.92 Å². The molecule has 0 saturated heterocycles. The molecule has 0 radical (unpaired) electrons. The highest BCUT2D eigenvalue weighted by molar-refractivity contribution is 6.08. The first-order valence-corrected chi connectivity index (χ1v) is 5.75. The number of benzene rings is 1. The minimum Gasteiger partial charge on any atom is -0.496 e. The largest absolute Gasteiger partial charge is 0.496 e. The fourth-order valence-corrected chi connectivity index (χ4v) is 1.78. The van der Waals surface area contributed by atoms with Crippen molar-refractivity contribution in [2.45, 2.75) is 6.92 Å². The van der Waals surface area contributed by atoms with E-state index in [1.807, 2.05) is 6.92 Å². The Bertz CT molecular complexity index is 663. The Morgan fingerprint density at radius 2 is 2.15 bits per heavy atom. The molecule has 1 aromatic heterocycles. The molecule has 0 saturated carbocycles. The van der Waals surface area contributed by atoms with Crippen LogP contribution < -0.4 is 10.1 Å². The third kappa shape index (κ3) is 2.61. The van der Waals surface area contributed by atoms with Gasteiger partial charge in [0.2, 0.25) is 0 Å². The number of aromatic carboxylic acids is 1. The minimum absolute atomic E-state index is 0.161. The van der Waals surface area contributed by atoms with Gasteiger partial charge in [0.1, 0.15) is 5.75 Å². The summed E-state index contributed by atoms with van der Waals surface area (Å²) in [7, 11) is 1.56. The van der Waals surface area contributed by atoms with Crippen LogP contribution in [0.15, 0.2) is 24.5 Å². The molecule has 1 aromatic carbocycles. The smallest absolute Gasteiger partial charge is 0.354 e. The molecule has 0 spiro atoms. The normalized spacial score (nSPS) is 10.1. The van der Waals surface area contributed by atoms with Gasteiger partial charge in [-0.05, 0) is 30.7 Å². The van der Waals surface area contributed by atoms with Crippen molar-refractivity contribution in [2.24, 2.45) is 0 Å². The summed E-state index contributed by atoms with van der Waals surface area (Å²) < 4.78 is 5.12. The van der Waals surface area contributed by atoms with Crippen LogP contribution in [0.5, 0.6) is 5.75 Å². The number of aryl methyl sites for hydroxylation is 1. The predicted molar refractivity (Wildman–Crippen MR) is 71.2 cm³/mol. The number of anilines is 1. The SMILES string of the molecule is COc1ccc(NC(=O)c2nc[nH]c2C(=O)O)cc1C. The van der Waals surface area contributed by atoms with Gasteiger partial charge >= 0.3 is 5.97 Å². The molecule has 0 bridgehead atoms. The number of carboxylic acids is 1. The average molecular weight is 275 g/mol. The number of amides is 1. The van der Waals surface area contributed by atoms with Gasteiger partial charge in [-0.25, -0.2) is 9.78 Å². The van der Waals surface area contributed by atoms with Crippen LogP contribution in [0.1, 0.15) is 26.5 Å². The Balaban J connectivity index is 2.21. The van der Waals surface area contributed by atoms with E-state index in [4.69, 9.17) is 9.84 Å². The number of rotatable bonds is 4. The summed E-state index contributed by atoms with van der Waals surface area (Å²) in [5.74, 6) is -1.12. The van der Waals surface area contributed by atoms with Crippen LogP contribution in [0.25, 0.3) is 0 Å². The number of carboxylic acid groups (broad SMARTS) is 1. The lowest BCUT2D eigenvalue weighted by Crippen LogP contribution is -2.16. The Morgan fingerprint density at radius 1 is 1.40 bits per heavy atom. The summed E-state index contributed by atoms with van der Waals surface area (Å²) in [6.07, 6.45) is 1.16. The zero-order valence-corrected chi connectivity index (χ0v) is 10.9. The zero-order chi connectivity index (χ0) is 14.7. The lowest BCUT2D eigenvalue weighted by Gasteiger charge is -2.08. The maximum absolute atomic E-state index is 12.0. The predicted octanol–water partition coefficient (Wildman–Crippen LogP) is 1.68. The summed E-state index contributed by atoms with van der Waals surface area (Å²) in [6, 6.07) is 5.11. The molecule has 0 aliphatic heterocycles. The second-order valence-electron chi connectivity index (χ2n) is 4.07. The number of hydrogen-bond acceptors (Lipinski definition) is 4. The van der Waals surface area contributed by atoms with Gasteiger partial charge in [0.25, 0.3) is 5.91 Å². The minimum atomic E-state index is -1.24. The van der Waals surface area contributed by atoms with Crippen molar-refractivity contribution in [1.82, 2.24) is 9.97 Å². The third-order valence-electron chi connectivity index (χ3n) is 2.72. The molecule has 2 rings (SSSR count). The Morgan fingerprint density at radius 3 is 2.75 bits per heavy atom. The lowest BCUT2D eigenvalue weighted by atomic mass is 10.2. The van der Waals surface area contributed by atoms with Gasteiger partial charge in [-0.15, -0.1) is 0 Å². The van der Waals surface area contributed by atoms with Crippen LogP contribution in [-0.2, 0) is 0 Å². The van der Waals surface area contributed by atoms with Crippen molar-refractivity contribution >= 4 is 17.6 Å².